The van der Waals surface area contributed by atoms with E-state index in [9.17, 15) is 4.79 Å². The van der Waals surface area contributed by atoms with Crippen LogP contribution < -0.4 is 0 Å². The van der Waals surface area contributed by atoms with Gasteiger partial charge in [0.05, 0.1) is 12.5 Å². The second-order valence-corrected chi connectivity index (χ2v) is 4.58. The van der Waals surface area contributed by atoms with Crippen LogP contribution in [-0.4, -0.2) is 48.3 Å². The highest BCUT2D eigenvalue weighted by Crippen LogP contribution is 2.41. The van der Waals surface area contributed by atoms with Crippen molar-refractivity contribution in [1.82, 2.24) is 4.90 Å². The van der Waals surface area contributed by atoms with Crippen LogP contribution in [0, 0.1) is 11.8 Å². The summed E-state index contributed by atoms with van der Waals surface area (Å²) in [5.74, 6) is 0.602. The molecule has 4 heteroatoms. The number of carbonyl (C=O) groups is 1. The third-order valence-corrected chi connectivity index (χ3v) is 3.52. The number of hydrogen-bond donors (Lipinski definition) is 1. The molecule has 2 aliphatic heterocycles. The number of hydrogen-bond acceptors (Lipinski definition) is 3. The maximum atomic E-state index is 10.5. The van der Waals surface area contributed by atoms with Gasteiger partial charge in [0.25, 0.3) is 0 Å². The van der Waals surface area contributed by atoms with E-state index < -0.39 is 5.97 Å². The molecule has 3 aliphatic rings. The van der Waals surface area contributed by atoms with Gasteiger partial charge in [0.2, 0.25) is 0 Å². The summed E-state index contributed by atoms with van der Waals surface area (Å²) in [6.45, 7) is 5.58. The van der Waals surface area contributed by atoms with Crippen molar-refractivity contribution >= 4 is 5.97 Å². The van der Waals surface area contributed by atoms with E-state index >= 15 is 0 Å². The topological polar surface area (TPSA) is 49.8 Å². The minimum absolute atomic E-state index is 0.263. The molecule has 2 atom stereocenters. The molecule has 0 radical (unpaired) electrons. The van der Waals surface area contributed by atoms with E-state index in [1.54, 1.807) is 0 Å². The van der Waals surface area contributed by atoms with Crippen LogP contribution in [0.1, 0.15) is 19.8 Å². The zero-order valence-electron chi connectivity index (χ0n) is 9.19. The third kappa shape index (κ3) is 2.32. The van der Waals surface area contributed by atoms with Gasteiger partial charge in [-0.2, -0.15) is 0 Å². The first-order chi connectivity index (χ1) is 7.20. The minimum Gasteiger partial charge on any atom is -0.481 e. The van der Waals surface area contributed by atoms with Gasteiger partial charge in [0.15, 0.2) is 0 Å². The molecule has 0 unspecified atom stereocenters. The van der Waals surface area contributed by atoms with Crippen molar-refractivity contribution in [2.24, 2.45) is 11.8 Å². The zero-order chi connectivity index (χ0) is 10.8. The largest absolute Gasteiger partial charge is 0.481 e. The number of carboxylic acid groups (broad SMARTS) is 1. The van der Waals surface area contributed by atoms with Gasteiger partial charge in [-0.05, 0) is 25.2 Å². The maximum absolute atomic E-state index is 10.5. The SMILES string of the molecule is CCOC1[C@H]2C[C@H]1CN(CCC(=O)O)C2. The van der Waals surface area contributed by atoms with E-state index in [0.29, 0.717) is 24.5 Å². The van der Waals surface area contributed by atoms with Gasteiger partial charge in [0.1, 0.15) is 0 Å². The first-order valence-electron chi connectivity index (χ1n) is 5.76. The Hall–Kier alpha value is -0.610. The molecule has 1 N–H and O–H groups in total. The monoisotopic (exact) mass is 213 g/mol. The summed E-state index contributed by atoms with van der Waals surface area (Å²) < 4.78 is 5.68. The number of fused-ring (bicyclic) bond motifs is 2. The molecule has 1 saturated carbocycles. The Labute approximate surface area is 90.2 Å². The summed E-state index contributed by atoms with van der Waals surface area (Å²) >= 11 is 0. The molecule has 2 saturated heterocycles. The summed E-state index contributed by atoms with van der Waals surface area (Å²) in [5.41, 5.74) is 0. The van der Waals surface area contributed by atoms with E-state index in [-0.39, 0.29) is 6.42 Å². The van der Waals surface area contributed by atoms with E-state index in [1.807, 2.05) is 6.92 Å². The predicted octanol–water partition coefficient (Wildman–Crippen LogP) is 0.818. The Bertz CT molecular complexity index is 232. The van der Waals surface area contributed by atoms with Gasteiger partial charge in [-0.1, -0.05) is 0 Å². The van der Waals surface area contributed by atoms with Gasteiger partial charge < -0.3 is 14.7 Å². The fourth-order valence-corrected chi connectivity index (χ4v) is 2.84. The van der Waals surface area contributed by atoms with E-state index in [4.69, 9.17) is 9.84 Å². The van der Waals surface area contributed by atoms with Crippen LogP contribution in [0.4, 0.5) is 0 Å². The quantitative estimate of drug-likeness (QED) is 0.734. The fraction of sp³-hybridized carbons (Fsp3) is 0.909. The second-order valence-electron chi connectivity index (χ2n) is 4.58. The molecule has 0 aromatic carbocycles. The highest BCUT2D eigenvalue weighted by Gasteiger charge is 2.46. The van der Waals surface area contributed by atoms with Crippen molar-refractivity contribution in [3.05, 3.63) is 0 Å². The number of rotatable bonds is 5. The van der Waals surface area contributed by atoms with Crippen molar-refractivity contribution < 1.29 is 14.6 Å². The molecule has 86 valence electrons. The summed E-state index contributed by atoms with van der Waals surface area (Å²) in [5, 5.41) is 8.61. The molecule has 0 aromatic rings. The van der Waals surface area contributed by atoms with Gasteiger partial charge in [-0.15, -0.1) is 0 Å². The lowest BCUT2D eigenvalue weighted by molar-refractivity contribution is -0.146. The summed E-state index contributed by atoms with van der Waals surface area (Å²) in [7, 11) is 0. The number of nitrogens with zero attached hydrogens (tertiary/aromatic N) is 1. The standard InChI is InChI=1S/C11H19NO3/c1-2-15-11-8-5-9(11)7-12(6-8)4-3-10(13)14/h8-9,11H,2-7H2,1H3,(H,13,14)/t8-,9-/m0/s1. The van der Waals surface area contributed by atoms with E-state index in [2.05, 4.69) is 4.90 Å². The van der Waals surface area contributed by atoms with Crippen LogP contribution in [-0.2, 0) is 9.53 Å². The van der Waals surface area contributed by atoms with Crippen molar-refractivity contribution in [3.8, 4) is 0 Å². The Morgan fingerprint density at radius 3 is 2.67 bits per heavy atom. The Balaban J connectivity index is 1.74. The molecule has 2 heterocycles. The summed E-state index contributed by atoms with van der Waals surface area (Å²) in [6.07, 6.45) is 1.99. The number of carboxylic acids is 1. The fourth-order valence-electron chi connectivity index (χ4n) is 2.84. The van der Waals surface area contributed by atoms with Gasteiger partial charge >= 0.3 is 5.97 Å². The first-order valence-corrected chi connectivity index (χ1v) is 5.76. The highest BCUT2D eigenvalue weighted by atomic mass is 16.5. The van der Waals surface area contributed by atoms with Crippen LogP contribution in [0.2, 0.25) is 0 Å². The second kappa shape index (κ2) is 4.49. The van der Waals surface area contributed by atoms with Crippen molar-refractivity contribution in [2.75, 3.05) is 26.2 Å². The molecule has 3 fully saturated rings. The van der Waals surface area contributed by atoms with Crippen LogP contribution in [0.15, 0.2) is 0 Å². The minimum atomic E-state index is -0.699. The summed E-state index contributed by atoms with van der Waals surface area (Å²) in [6, 6.07) is 0. The van der Waals surface area contributed by atoms with Gasteiger partial charge in [-0.3, -0.25) is 4.79 Å². The molecule has 0 spiro atoms. The van der Waals surface area contributed by atoms with Gasteiger partial charge in [-0.25, -0.2) is 0 Å². The normalized spacial score (nSPS) is 34.9. The Morgan fingerprint density at radius 1 is 1.47 bits per heavy atom. The third-order valence-electron chi connectivity index (χ3n) is 3.52. The molecule has 15 heavy (non-hydrogen) atoms. The lowest BCUT2D eigenvalue weighted by Crippen LogP contribution is -2.59. The predicted molar refractivity (Wildman–Crippen MR) is 55.7 cm³/mol. The van der Waals surface area contributed by atoms with Crippen molar-refractivity contribution in [2.45, 2.75) is 25.9 Å². The lowest BCUT2D eigenvalue weighted by Gasteiger charge is -2.53. The molecule has 2 bridgehead atoms. The molecule has 0 amide bonds. The van der Waals surface area contributed by atoms with Crippen LogP contribution in [0.25, 0.3) is 0 Å². The molecular formula is C11H19NO3. The number of ether oxygens (including phenoxy) is 1. The maximum Gasteiger partial charge on any atom is 0.304 e. The number of aliphatic carboxylic acids is 1. The molecule has 1 aliphatic carbocycles. The van der Waals surface area contributed by atoms with Crippen LogP contribution >= 0.6 is 0 Å². The average Bonchev–Trinajstić information content (AvgIpc) is 2.23. The highest BCUT2D eigenvalue weighted by molar-refractivity contribution is 5.66. The van der Waals surface area contributed by atoms with Crippen LogP contribution in [0.5, 0.6) is 0 Å². The first kappa shape index (κ1) is 10.9. The van der Waals surface area contributed by atoms with Crippen LogP contribution in [0.3, 0.4) is 0 Å². The van der Waals surface area contributed by atoms with Crippen molar-refractivity contribution in [3.63, 3.8) is 0 Å². The van der Waals surface area contributed by atoms with Crippen molar-refractivity contribution in [1.29, 1.82) is 0 Å². The lowest BCUT2D eigenvalue weighted by atomic mass is 9.68. The smallest absolute Gasteiger partial charge is 0.304 e. The molecule has 0 aromatic heterocycles. The summed E-state index contributed by atoms with van der Waals surface area (Å²) in [4.78, 5) is 12.7. The Kier molecular flexibility index (Phi) is 3.26. The van der Waals surface area contributed by atoms with E-state index in [0.717, 1.165) is 19.7 Å². The molecular weight excluding hydrogens is 194 g/mol. The number of piperidine rings is 2. The molecule has 4 nitrogen and oxygen atoms in total. The average molecular weight is 213 g/mol. The zero-order valence-corrected chi connectivity index (χ0v) is 9.19. The van der Waals surface area contributed by atoms with E-state index in [1.165, 1.54) is 6.42 Å². The van der Waals surface area contributed by atoms with Gasteiger partial charge in [0, 0.05) is 26.2 Å². The Morgan fingerprint density at radius 2 is 2.13 bits per heavy atom. The molecule has 3 rings (SSSR count).